The van der Waals surface area contributed by atoms with Gasteiger partial charge in [0.1, 0.15) is 0 Å². The van der Waals surface area contributed by atoms with E-state index in [1.54, 1.807) is 0 Å². The predicted molar refractivity (Wildman–Crippen MR) is 74.2 cm³/mol. The Labute approximate surface area is 112 Å². The van der Waals surface area contributed by atoms with Crippen molar-refractivity contribution in [3.63, 3.8) is 0 Å². The lowest BCUT2D eigenvalue weighted by Gasteiger charge is -2.60. The highest BCUT2D eigenvalue weighted by atomic mass is 16.2. The summed E-state index contributed by atoms with van der Waals surface area (Å²) in [5.74, 6) is 0.725. The van der Waals surface area contributed by atoms with Crippen LogP contribution in [0.4, 0.5) is 0 Å². The fourth-order valence-electron chi connectivity index (χ4n) is 4.26. The largest absolute Gasteiger partial charge is 0.297 e. The third-order valence-electron chi connectivity index (χ3n) is 5.15. The standard InChI is InChI=1S/C16H28O2/c1-9(2)15(10(3)4)13(17)16(11(5)6,12(7)8)14(15)18/h9-12H,1-8H3. The van der Waals surface area contributed by atoms with E-state index in [1.807, 2.05) is 55.4 Å². The highest BCUT2D eigenvalue weighted by Gasteiger charge is 2.74. The van der Waals surface area contributed by atoms with Crippen LogP contribution in [-0.2, 0) is 9.59 Å². The third kappa shape index (κ3) is 1.41. The van der Waals surface area contributed by atoms with Crippen molar-refractivity contribution in [3.8, 4) is 0 Å². The molecule has 0 N–H and O–H groups in total. The Morgan fingerprint density at radius 1 is 0.556 bits per heavy atom. The van der Waals surface area contributed by atoms with Gasteiger partial charge in [-0.3, -0.25) is 9.59 Å². The summed E-state index contributed by atoms with van der Waals surface area (Å²) in [5, 5.41) is 0. The van der Waals surface area contributed by atoms with Gasteiger partial charge >= 0.3 is 0 Å². The molecule has 1 aliphatic carbocycles. The molecule has 2 heteroatoms. The lowest BCUT2D eigenvalue weighted by atomic mass is 9.38. The first-order chi connectivity index (χ1) is 8.08. The Morgan fingerprint density at radius 3 is 0.833 bits per heavy atom. The van der Waals surface area contributed by atoms with Crippen LogP contribution in [0.3, 0.4) is 0 Å². The van der Waals surface area contributed by atoms with Gasteiger partial charge in [0.2, 0.25) is 0 Å². The minimum absolute atomic E-state index is 0.0862. The number of ketones is 2. The molecule has 0 aliphatic heterocycles. The molecule has 0 radical (unpaired) electrons. The molecule has 0 bridgehead atoms. The number of carbonyl (C=O) groups is 2. The molecule has 104 valence electrons. The zero-order valence-electron chi connectivity index (χ0n) is 13.1. The number of carbonyl (C=O) groups excluding carboxylic acids is 2. The first kappa shape index (κ1) is 15.4. The zero-order chi connectivity index (χ0) is 14.5. The molecule has 0 aromatic heterocycles. The fraction of sp³-hybridized carbons (Fsp3) is 0.875. The van der Waals surface area contributed by atoms with Crippen molar-refractivity contribution in [2.24, 2.45) is 34.5 Å². The lowest BCUT2D eigenvalue weighted by molar-refractivity contribution is -0.188. The van der Waals surface area contributed by atoms with Gasteiger partial charge in [-0.1, -0.05) is 55.4 Å². The maximum absolute atomic E-state index is 13.0. The smallest absolute Gasteiger partial charge is 0.161 e. The van der Waals surface area contributed by atoms with E-state index in [9.17, 15) is 9.59 Å². The molecular formula is C16H28O2. The van der Waals surface area contributed by atoms with Crippen LogP contribution in [0.1, 0.15) is 55.4 Å². The van der Waals surface area contributed by atoms with E-state index in [-0.39, 0.29) is 35.2 Å². The normalized spacial score (nSPS) is 22.2. The second kappa shape index (κ2) is 4.47. The molecule has 0 aromatic rings. The number of hydrogen-bond acceptors (Lipinski definition) is 2. The van der Waals surface area contributed by atoms with Crippen molar-refractivity contribution in [1.82, 2.24) is 0 Å². The molecule has 0 atom stereocenters. The molecule has 0 amide bonds. The maximum Gasteiger partial charge on any atom is 0.161 e. The molecule has 0 heterocycles. The summed E-state index contributed by atoms with van der Waals surface area (Å²) in [4.78, 5) is 25.9. The van der Waals surface area contributed by atoms with E-state index in [1.165, 1.54) is 0 Å². The van der Waals surface area contributed by atoms with Crippen LogP contribution in [0.5, 0.6) is 0 Å². The van der Waals surface area contributed by atoms with Crippen LogP contribution in [0.25, 0.3) is 0 Å². The van der Waals surface area contributed by atoms with Gasteiger partial charge in [0, 0.05) is 0 Å². The van der Waals surface area contributed by atoms with Crippen molar-refractivity contribution in [2.45, 2.75) is 55.4 Å². The summed E-state index contributed by atoms with van der Waals surface area (Å²) in [5.41, 5.74) is -1.48. The molecule has 2 nitrogen and oxygen atoms in total. The van der Waals surface area contributed by atoms with Gasteiger partial charge in [0.15, 0.2) is 11.6 Å². The van der Waals surface area contributed by atoms with E-state index >= 15 is 0 Å². The molecule has 1 aliphatic rings. The maximum atomic E-state index is 13.0. The topological polar surface area (TPSA) is 34.1 Å². The van der Waals surface area contributed by atoms with Crippen molar-refractivity contribution in [3.05, 3.63) is 0 Å². The van der Waals surface area contributed by atoms with Gasteiger partial charge in [-0.15, -0.1) is 0 Å². The predicted octanol–water partition coefficient (Wildman–Crippen LogP) is 3.74. The van der Waals surface area contributed by atoms with E-state index < -0.39 is 10.8 Å². The van der Waals surface area contributed by atoms with Crippen LogP contribution >= 0.6 is 0 Å². The number of hydrogen-bond donors (Lipinski definition) is 0. The Morgan fingerprint density at radius 2 is 0.722 bits per heavy atom. The molecule has 18 heavy (non-hydrogen) atoms. The van der Waals surface area contributed by atoms with Crippen LogP contribution < -0.4 is 0 Å². The first-order valence-electron chi connectivity index (χ1n) is 7.18. The average molecular weight is 252 g/mol. The Hall–Kier alpha value is -0.660. The summed E-state index contributed by atoms with van der Waals surface area (Å²) < 4.78 is 0. The molecule has 1 saturated carbocycles. The summed E-state index contributed by atoms with van der Waals surface area (Å²) in [6.45, 7) is 16.0. The third-order valence-corrected chi connectivity index (χ3v) is 5.15. The summed E-state index contributed by atoms with van der Waals surface area (Å²) in [7, 11) is 0. The molecule has 1 fully saturated rings. The van der Waals surface area contributed by atoms with Crippen LogP contribution in [0, 0.1) is 34.5 Å². The second-order valence-electron chi connectivity index (χ2n) is 7.02. The molecule has 0 spiro atoms. The average Bonchev–Trinajstić information content (AvgIpc) is 2.15. The van der Waals surface area contributed by atoms with Crippen LogP contribution in [0.2, 0.25) is 0 Å². The van der Waals surface area contributed by atoms with Gasteiger partial charge in [0.25, 0.3) is 0 Å². The van der Waals surface area contributed by atoms with E-state index in [0.29, 0.717) is 0 Å². The quantitative estimate of drug-likeness (QED) is 0.714. The minimum atomic E-state index is -0.742. The van der Waals surface area contributed by atoms with Gasteiger partial charge in [0.05, 0.1) is 10.8 Å². The monoisotopic (exact) mass is 252 g/mol. The van der Waals surface area contributed by atoms with Gasteiger partial charge < -0.3 is 0 Å². The summed E-state index contributed by atoms with van der Waals surface area (Å²) in [6.07, 6.45) is 0. The minimum Gasteiger partial charge on any atom is -0.297 e. The summed E-state index contributed by atoms with van der Waals surface area (Å²) >= 11 is 0. The number of rotatable bonds is 4. The zero-order valence-corrected chi connectivity index (χ0v) is 13.1. The summed E-state index contributed by atoms with van der Waals surface area (Å²) in [6, 6.07) is 0. The molecular weight excluding hydrogens is 224 g/mol. The van der Waals surface area contributed by atoms with Crippen LogP contribution in [0.15, 0.2) is 0 Å². The van der Waals surface area contributed by atoms with Crippen molar-refractivity contribution in [1.29, 1.82) is 0 Å². The molecule has 0 saturated heterocycles. The molecule has 0 unspecified atom stereocenters. The Kier molecular flexibility index (Phi) is 3.82. The first-order valence-corrected chi connectivity index (χ1v) is 7.18. The molecule has 0 aromatic carbocycles. The molecule has 1 rings (SSSR count). The van der Waals surface area contributed by atoms with Gasteiger partial charge in [-0.25, -0.2) is 0 Å². The number of Topliss-reactive ketones (excluding diaryl/α,β-unsaturated/α-hetero) is 2. The van der Waals surface area contributed by atoms with Crippen molar-refractivity contribution >= 4 is 11.6 Å². The van der Waals surface area contributed by atoms with E-state index in [2.05, 4.69) is 0 Å². The van der Waals surface area contributed by atoms with Gasteiger partial charge in [-0.2, -0.15) is 0 Å². The fourth-order valence-corrected chi connectivity index (χ4v) is 4.26. The van der Waals surface area contributed by atoms with Crippen LogP contribution in [-0.4, -0.2) is 11.6 Å². The SMILES string of the molecule is CC(C)C1(C(C)C)C(=O)C(C(C)C)(C(C)C)C1=O. The van der Waals surface area contributed by atoms with E-state index in [4.69, 9.17) is 0 Å². The second-order valence-corrected chi connectivity index (χ2v) is 7.02. The highest BCUT2D eigenvalue weighted by Crippen LogP contribution is 2.61. The van der Waals surface area contributed by atoms with Crippen molar-refractivity contribution < 1.29 is 9.59 Å². The van der Waals surface area contributed by atoms with Crippen molar-refractivity contribution in [2.75, 3.05) is 0 Å². The van der Waals surface area contributed by atoms with Gasteiger partial charge in [-0.05, 0) is 23.7 Å². The van der Waals surface area contributed by atoms with E-state index in [0.717, 1.165) is 0 Å². The Bertz CT molecular complexity index is 293. The highest BCUT2D eigenvalue weighted by molar-refractivity contribution is 6.31. The lowest BCUT2D eigenvalue weighted by Crippen LogP contribution is -2.74. The Balaban J connectivity index is 3.38.